The van der Waals surface area contributed by atoms with Crippen molar-refractivity contribution in [3.63, 3.8) is 0 Å². The van der Waals surface area contributed by atoms with Crippen LogP contribution in [0.1, 0.15) is 41.2 Å². The molecular weight excluding hydrogens is 269 g/mol. The number of halogens is 1. The van der Waals surface area contributed by atoms with Gasteiger partial charge in [0.25, 0.3) is 5.91 Å². The first-order chi connectivity index (χ1) is 10.1. The van der Waals surface area contributed by atoms with E-state index in [1.165, 1.54) is 12.1 Å². The summed E-state index contributed by atoms with van der Waals surface area (Å²) in [5.74, 6) is -0.487. The van der Waals surface area contributed by atoms with Crippen LogP contribution in [0, 0.1) is 5.82 Å². The highest BCUT2D eigenvalue weighted by atomic mass is 19.1. The SMILES string of the molecule is Cn1cc([C@H]2CCCCN2C(=O)c2cccc(F)c2)cn1. The van der Waals surface area contributed by atoms with E-state index in [0.29, 0.717) is 12.1 Å². The maximum atomic E-state index is 13.3. The van der Waals surface area contributed by atoms with Crippen LogP contribution in [0.5, 0.6) is 0 Å². The fourth-order valence-corrected chi connectivity index (χ4v) is 2.92. The molecule has 1 aliphatic heterocycles. The van der Waals surface area contributed by atoms with E-state index >= 15 is 0 Å². The zero-order valence-electron chi connectivity index (χ0n) is 12.0. The van der Waals surface area contributed by atoms with Gasteiger partial charge in [0.2, 0.25) is 0 Å². The first kappa shape index (κ1) is 13.8. The van der Waals surface area contributed by atoms with Gasteiger partial charge in [-0.3, -0.25) is 9.48 Å². The van der Waals surface area contributed by atoms with Gasteiger partial charge in [0.1, 0.15) is 5.82 Å². The Balaban J connectivity index is 1.89. The van der Waals surface area contributed by atoms with Gasteiger partial charge < -0.3 is 4.90 Å². The lowest BCUT2D eigenvalue weighted by Gasteiger charge is -2.35. The number of rotatable bonds is 2. The smallest absolute Gasteiger partial charge is 0.254 e. The number of benzene rings is 1. The minimum atomic E-state index is -0.379. The van der Waals surface area contributed by atoms with Crippen molar-refractivity contribution in [3.8, 4) is 0 Å². The van der Waals surface area contributed by atoms with Crippen molar-refractivity contribution >= 4 is 5.91 Å². The van der Waals surface area contributed by atoms with E-state index in [9.17, 15) is 9.18 Å². The van der Waals surface area contributed by atoms with Crippen molar-refractivity contribution in [1.29, 1.82) is 0 Å². The predicted octanol–water partition coefficient (Wildman–Crippen LogP) is 2.93. The molecule has 4 nitrogen and oxygen atoms in total. The second kappa shape index (κ2) is 5.68. The van der Waals surface area contributed by atoms with E-state index in [1.54, 1.807) is 16.8 Å². The van der Waals surface area contributed by atoms with Gasteiger partial charge in [-0.15, -0.1) is 0 Å². The molecule has 0 radical (unpaired) electrons. The fourth-order valence-electron chi connectivity index (χ4n) is 2.92. The van der Waals surface area contributed by atoms with Gasteiger partial charge >= 0.3 is 0 Å². The second-order valence-electron chi connectivity index (χ2n) is 5.47. The Kier molecular flexibility index (Phi) is 3.73. The lowest BCUT2D eigenvalue weighted by molar-refractivity contribution is 0.0611. The molecule has 0 aliphatic carbocycles. The van der Waals surface area contributed by atoms with Crippen molar-refractivity contribution in [2.24, 2.45) is 7.05 Å². The van der Waals surface area contributed by atoms with Gasteiger partial charge in [-0.2, -0.15) is 5.10 Å². The maximum Gasteiger partial charge on any atom is 0.254 e. The van der Waals surface area contributed by atoms with Gasteiger partial charge in [-0.05, 0) is 37.5 Å². The topological polar surface area (TPSA) is 38.1 Å². The molecular formula is C16H18FN3O. The van der Waals surface area contributed by atoms with Gasteiger partial charge in [0.05, 0.1) is 12.2 Å². The van der Waals surface area contributed by atoms with Crippen molar-refractivity contribution < 1.29 is 9.18 Å². The number of hydrogen-bond acceptors (Lipinski definition) is 2. The molecule has 21 heavy (non-hydrogen) atoms. The van der Waals surface area contributed by atoms with E-state index in [-0.39, 0.29) is 17.8 Å². The number of carbonyl (C=O) groups excluding carboxylic acids is 1. The lowest BCUT2D eigenvalue weighted by Crippen LogP contribution is -2.38. The van der Waals surface area contributed by atoms with Crippen LogP contribution in [0.25, 0.3) is 0 Å². The number of carbonyl (C=O) groups is 1. The summed E-state index contributed by atoms with van der Waals surface area (Å²) in [6, 6.07) is 5.93. The van der Waals surface area contributed by atoms with Crippen molar-refractivity contribution in [1.82, 2.24) is 14.7 Å². The number of aromatic nitrogens is 2. The highest BCUT2D eigenvalue weighted by Gasteiger charge is 2.29. The fraction of sp³-hybridized carbons (Fsp3) is 0.375. The summed E-state index contributed by atoms with van der Waals surface area (Å²) < 4.78 is 15.1. The van der Waals surface area contributed by atoms with E-state index in [0.717, 1.165) is 24.8 Å². The summed E-state index contributed by atoms with van der Waals surface area (Å²) in [4.78, 5) is 14.5. The van der Waals surface area contributed by atoms with Crippen LogP contribution in [0.3, 0.4) is 0 Å². The molecule has 1 amide bonds. The first-order valence-electron chi connectivity index (χ1n) is 7.20. The second-order valence-corrected chi connectivity index (χ2v) is 5.47. The van der Waals surface area contributed by atoms with Crippen molar-refractivity contribution in [2.75, 3.05) is 6.54 Å². The van der Waals surface area contributed by atoms with Gasteiger partial charge in [0.15, 0.2) is 0 Å². The molecule has 1 aliphatic rings. The third kappa shape index (κ3) is 2.82. The van der Waals surface area contributed by atoms with Crippen molar-refractivity contribution in [3.05, 3.63) is 53.6 Å². The summed E-state index contributed by atoms with van der Waals surface area (Å²) in [6.45, 7) is 0.703. The third-order valence-electron chi connectivity index (χ3n) is 3.94. The molecule has 0 spiro atoms. The Bertz CT molecular complexity index is 652. The Morgan fingerprint density at radius 3 is 2.95 bits per heavy atom. The normalized spacial score (nSPS) is 18.8. The zero-order valence-corrected chi connectivity index (χ0v) is 12.0. The molecule has 1 aromatic carbocycles. The molecule has 0 unspecified atom stereocenters. The highest BCUT2D eigenvalue weighted by Crippen LogP contribution is 2.31. The van der Waals surface area contributed by atoms with Crippen molar-refractivity contribution in [2.45, 2.75) is 25.3 Å². The monoisotopic (exact) mass is 287 g/mol. The van der Waals surface area contributed by atoms with Crippen LogP contribution < -0.4 is 0 Å². The summed E-state index contributed by atoms with van der Waals surface area (Å²) in [5.41, 5.74) is 1.45. The average Bonchev–Trinajstić information content (AvgIpc) is 2.93. The summed E-state index contributed by atoms with van der Waals surface area (Å²) >= 11 is 0. The Morgan fingerprint density at radius 2 is 2.24 bits per heavy atom. The molecule has 0 bridgehead atoms. The number of aryl methyl sites for hydroxylation is 1. The molecule has 5 heteroatoms. The first-order valence-corrected chi connectivity index (χ1v) is 7.20. The highest BCUT2D eigenvalue weighted by molar-refractivity contribution is 5.94. The van der Waals surface area contributed by atoms with Crippen LogP contribution in [-0.2, 0) is 7.05 Å². The standard InChI is InChI=1S/C16H18FN3O/c1-19-11-13(10-18-19)15-7-2-3-8-20(15)16(21)12-5-4-6-14(17)9-12/h4-6,9-11,15H,2-3,7-8H2,1H3/t15-/m1/s1. The van der Waals surface area contributed by atoms with Crippen LogP contribution >= 0.6 is 0 Å². The number of amides is 1. The minimum absolute atomic E-state index is 0.0308. The Hall–Kier alpha value is -2.17. The van der Waals surface area contributed by atoms with E-state index in [4.69, 9.17) is 0 Å². The van der Waals surface area contributed by atoms with Gasteiger partial charge in [-0.1, -0.05) is 6.07 Å². The van der Waals surface area contributed by atoms with E-state index < -0.39 is 0 Å². The molecule has 0 saturated carbocycles. The quantitative estimate of drug-likeness (QED) is 0.851. The molecule has 1 atom stereocenters. The number of nitrogens with zero attached hydrogens (tertiary/aromatic N) is 3. The van der Waals surface area contributed by atoms with Gasteiger partial charge in [-0.25, -0.2) is 4.39 Å². The lowest BCUT2D eigenvalue weighted by atomic mass is 9.96. The molecule has 110 valence electrons. The molecule has 1 fully saturated rings. The van der Waals surface area contributed by atoms with Crippen LogP contribution in [0.2, 0.25) is 0 Å². The minimum Gasteiger partial charge on any atom is -0.331 e. The maximum absolute atomic E-state index is 13.3. The molecule has 1 aromatic heterocycles. The number of likely N-dealkylation sites (tertiary alicyclic amines) is 1. The van der Waals surface area contributed by atoms with E-state index in [1.807, 2.05) is 24.3 Å². The molecule has 3 rings (SSSR count). The van der Waals surface area contributed by atoms with Crippen LogP contribution in [0.15, 0.2) is 36.7 Å². The predicted molar refractivity (Wildman–Crippen MR) is 77.2 cm³/mol. The third-order valence-corrected chi connectivity index (χ3v) is 3.94. The summed E-state index contributed by atoms with van der Waals surface area (Å²) in [7, 11) is 1.87. The molecule has 2 heterocycles. The summed E-state index contributed by atoms with van der Waals surface area (Å²) in [6.07, 6.45) is 6.75. The summed E-state index contributed by atoms with van der Waals surface area (Å²) in [5, 5.41) is 4.19. The van der Waals surface area contributed by atoms with Crippen LogP contribution in [-0.4, -0.2) is 27.1 Å². The Morgan fingerprint density at radius 1 is 1.38 bits per heavy atom. The Labute approximate surface area is 123 Å². The zero-order chi connectivity index (χ0) is 14.8. The van der Waals surface area contributed by atoms with E-state index in [2.05, 4.69) is 5.10 Å². The molecule has 1 saturated heterocycles. The molecule has 2 aromatic rings. The average molecular weight is 287 g/mol. The molecule has 0 N–H and O–H groups in total. The number of piperidine rings is 1. The van der Waals surface area contributed by atoms with Crippen LogP contribution in [0.4, 0.5) is 4.39 Å². The van der Waals surface area contributed by atoms with Gasteiger partial charge in [0, 0.05) is 30.9 Å². The largest absolute Gasteiger partial charge is 0.331 e. The number of hydrogen-bond donors (Lipinski definition) is 0.